The molecule has 0 saturated heterocycles. The summed E-state index contributed by atoms with van der Waals surface area (Å²) in [4.78, 5) is 5.19. The quantitative estimate of drug-likeness (QED) is 0.533. The van der Waals surface area contributed by atoms with Crippen LogP contribution in [0.3, 0.4) is 0 Å². The smallest absolute Gasteiger partial charge is 0.170 e. The fourth-order valence-electron chi connectivity index (χ4n) is 1.55. The van der Waals surface area contributed by atoms with Crippen LogP contribution in [0.25, 0.3) is 0 Å². The SMILES string of the molecule is N#Cc1ccc(CO/N=C(\N)c2cccc(Cl)c2)cc1. The highest BCUT2D eigenvalue weighted by molar-refractivity contribution is 6.31. The second-order valence-electron chi connectivity index (χ2n) is 4.07. The van der Waals surface area contributed by atoms with Crippen LogP contribution in [-0.2, 0) is 11.4 Å². The Labute approximate surface area is 122 Å². The molecule has 0 atom stereocenters. The summed E-state index contributed by atoms with van der Waals surface area (Å²) >= 11 is 5.87. The first-order valence-electron chi connectivity index (χ1n) is 5.89. The van der Waals surface area contributed by atoms with Gasteiger partial charge in [-0.2, -0.15) is 5.26 Å². The molecule has 2 N–H and O–H groups in total. The van der Waals surface area contributed by atoms with E-state index < -0.39 is 0 Å². The van der Waals surface area contributed by atoms with Gasteiger partial charge in [0.05, 0.1) is 11.6 Å². The van der Waals surface area contributed by atoms with E-state index in [2.05, 4.69) is 11.2 Å². The first kappa shape index (κ1) is 13.9. The Balaban J connectivity index is 1.97. The summed E-state index contributed by atoms with van der Waals surface area (Å²) in [6.45, 7) is 0.285. The number of hydrogen-bond donors (Lipinski definition) is 1. The molecule has 100 valence electrons. The first-order valence-corrected chi connectivity index (χ1v) is 6.27. The monoisotopic (exact) mass is 285 g/mol. The minimum Gasteiger partial charge on any atom is -0.389 e. The Morgan fingerprint density at radius 3 is 2.65 bits per heavy atom. The van der Waals surface area contributed by atoms with Crippen LogP contribution in [0.1, 0.15) is 16.7 Å². The van der Waals surface area contributed by atoms with Crippen molar-refractivity contribution in [1.82, 2.24) is 0 Å². The topological polar surface area (TPSA) is 71.4 Å². The second-order valence-corrected chi connectivity index (χ2v) is 4.51. The predicted molar refractivity (Wildman–Crippen MR) is 78.1 cm³/mol. The lowest BCUT2D eigenvalue weighted by Gasteiger charge is -2.03. The van der Waals surface area contributed by atoms with Crippen LogP contribution >= 0.6 is 11.6 Å². The van der Waals surface area contributed by atoms with Gasteiger partial charge in [0.25, 0.3) is 0 Å². The molecule has 20 heavy (non-hydrogen) atoms. The van der Waals surface area contributed by atoms with Crippen LogP contribution in [0.15, 0.2) is 53.7 Å². The molecule has 0 amide bonds. The molecule has 0 fully saturated rings. The van der Waals surface area contributed by atoms with E-state index in [9.17, 15) is 0 Å². The Morgan fingerprint density at radius 2 is 2.00 bits per heavy atom. The highest BCUT2D eigenvalue weighted by Crippen LogP contribution is 2.11. The molecular formula is C15H12ClN3O. The molecule has 0 spiro atoms. The summed E-state index contributed by atoms with van der Waals surface area (Å²) in [5.41, 5.74) is 8.02. The lowest BCUT2D eigenvalue weighted by atomic mass is 10.2. The summed E-state index contributed by atoms with van der Waals surface area (Å²) < 4.78 is 0. The Morgan fingerprint density at radius 1 is 1.25 bits per heavy atom. The third kappa shape index (κ3) is 3.74. The third-order valence-electron chi connectivity index (χ3n) is 2.60. The Bertz CT molecular complexity index is 660. The Hall–Kier alpha value is -2.51. The summed E-state index contributed by atoms with van der Waals surface area (Å²) in [6.07, 6.45) is 0. The van der Waals surface area contributed by atoms with E-state index in [-0.39, 0.29) is 12.4 Å². The van der Waals surface area contributed by atoms with Crippen molar-refractivity contribution in [2.45, 2.75) is 6.61 Å². The average Bonchev–Trinajstić information content (AvgIpc) is 2.48. The van der Waals surface area contributed by atoms with E-state index >= 15 is 0 Å². The number of amidine groups is 1. The molecule has 2 aromatic carbocycles. The third-order valence-corrected chi connectivity index (χ3v) is 2.83. The number of oxime groups is 1. The lowest BCUT2D eigenvalue weighted by Crippen LogP contribution is -2.13. The molecule has 0 unspecified atom stereocenters. The van der Waals surface area contributed by atoms with Crippen molar-refractivity contribution < 1.29 is 4.84 Å². The van der Waals surface area contributed by atoms with Gasteiger partial charge in [-0.05, 0) is 29.8 Å². The largest absolute Gasteiger partial charge is 0.389 e. The van der Waals surface area contributed by atoms with E-state index in [1.165, 1.54) is 0 Å². The van der Waals surface area contributed by atoms with Gasteiger partial charge in [0.15, 0.2) is 5.84 Å². The molecule has 0 aliphatic heterocycles. The van der Waals surface area contributed by atoms with Crippen molar-refractivity contribution in [3.63, 3.8) is 0 Å². The molecule has 2 rings (SSSR count). The number of nitriles is 1. The van der Waals surface area contributed by atoms with E-state index in [0.717, 1.165) is 5.56 Å². The normalized spacial score (nSPS) is 10.9. The fourth-order valence-corrected chi connectivity index (χ4v) is 1.74. The zero-order chi connectivity index (χ0) is 14.4. The summed E-state index contributed by atoms with van der Waals surface area (Å²) in [5.74, 6) is 0.265. The van der Waals surface area contributed by atoms with Crippen molar-refractivity contribution >= 4 is 17.4 Å². The van der Waals surface area contributed by atoms with Crippen molar-refractivity contribution in [3.8, 4) is 6.07 Å². The van der Waals surface area contributed by atoms with Crippen LogP contribution in [0.2, 0.25) is 5.02 Å². The average molecular weight is 286 g/mol. The molecule has 4 nitrogen and oxygen atoms in total. The predicted octanol–water partition coefficient (Wildman–Crippen LogP) is 3.05. The number of hydrogen-bond acceptors (Lipinski definition) is 3. The molecule has 0 aliphatic rings. The molecule has 5 heteroatoms. The molecule has 2 aromatic rings. The first-order chi connectivity index (χ1) is 9.69. The van der Waals surface area contributed by atoms with E-state index in [1.807, 2.05) is 12.1 Å². The lowest BCUT2D eigenvalue weighted by molar-refractivity contribution is 0.130. The van der Waals surface area contributed by atoms with E-state index in [4.69, 9.17) is 27.4 Å². The zero-order valence-corrected chi connectivity index (χ0v) is 11.3. The van der Waals surface area contributed by atoms with Crippen LogP contribution in [0.5, 0.6) is 0 Å². The van der Waals surface area contributed by atoms with Gasteiger partial charge < -0.3 is 10.6 Å². The van der Waals surface area contributed by atoms with Crippen LogP contribution in [0.4, 0.5) is 0 Å². The Kier molecular flexibility index (Phi) is 4.59. The van der Waals surface area contributed by atoms with Gasteiger partial charge in [-0.3, -0.25) is 0 Å². The molecule has 0 saturated carbocycles. The van der Waals surface area contributed by atoms with Gasteiger partial charge in [0.1, 0.15) is 6.61 Å². The van der Waals surface area contributed by atoms with Crippen molar-refractivity contribution in [3.05, 3.63) is 70.2 Å². The van der Waals surface area contributed by atoms with Crippen LogP contribution < -0.4 is 5.73 Å². The number of nitrogens with zero attached hydrogens (tertiary/aromatic N) is 2. The van der Waals surface area contributed by atoms with Gasteiger partial charge in [-0.25, -0.2) is 0 Å². The van der Waals surface area contributed by atoms with Gasteiger partial charge in [-0.1, -0.05) is 41.0 Å². The van der Waals surface area contributed by atoms with Gasteiger partial charge in [0, 0.05) is 10.6 Å². The highest BCUT2D eigenvalue weighted by Gasteiger charge is 2.00. The van der Waals surface area contributed by atoms with Gasteiger partial charge in [0.2, 0.25) is 0 Å². The van der Waals surface area contributed by atoms with Crippen molar-refractivity contribution in [1.29, 1.82) is 5.26 Å². The zero-order valence-electron chi connectivity index (χ0n) is 10.6. The van der Waals surface area contributed by atoms with E-state index in [1.54, 1.807) is 36.4 Å². The molecule has 0 bridgehead atoms. The van der Waals surface area contributed by atoms with Crippen molar-refractivity contribution in [2.24, 2.45) is 10.9 Å². The maximum absolute atomic E-state index is 8.70. The van der Waals surface area contributed by atoms with Crippen LogP contribution in [0, 0.1) is 11.3 Å². The molecule has 0 aliphatic carbocycles. The molecular weight excluding hydrogens is 274 g/mol. The van der Waals surface area contributed by atoms with Gasteiger partial charge >= 0.3 is 0 Å². The number of benzene rings is 2. The standard InChI is InChI=1S/C15H12ClN3O/c16-14-3-1-2-13(8-14)15(18)19-20-10-12-6-4-11(9-17)5-7-12/h1-8H,10H2,(H2,18,19). The summed E-state index contributed by atoms with van der Waals surface area (Å²) in [7, 11) is 0. The highest BCUT2D eigenvalue weighted by atomic mass is 35.5. The number of halogens is 1. The molecule has 0 heterocycles. The molecule has 0 aromatic heterocycles. The maximum atomic E-state index is 8.70. The minimum absolute atomic E-state index is 0.265. The summed E-state index contributed by atoms with van der Waals surface area (Å²) in [5, 5.41) is 13.1. The van der Waals surface area contributed by atoms with E-state index in [0.29, 0.717) is 16.1 Å². The number of nitrogens with two attached hydrogens (primary N) is 1. The maximum Gasteiger partial charge on any atom is 0.170 e. The van der Waals surface area contributed by atoms with Crippen molar-refractivity contribution in [2.75, 3.05) is 0 Å². The summed E-state index contributed by atoms with van der Waals surface area (Å²) in [6, 6.07) is 16.2. The van der Waals surface area contributed by atoms with Crippen LogP contribution in [-0.4, -0.2) is 5.84 Å². The second kappa shape index (κ2) is 6.60. The number of rotatable bonds is 4. The molecule has 0 radical (unpaired) electrons. The fraction of sp³-hybridized carbons (Fsp3) is 0.0667. The minimum atomic E-state index is 0.265. The van der Waals surface area contributed by atoms with Gasteiger partial charge in [-0.15, -0.1) is 0 Å².